The third kappa shape index (κ3) is 3.21. The van der Waals surface area contributed by atoms with Gasteiger partial charge in [0.05, 0.1) is 0 Å². The molecular formula is C11H17N3S. The molecule has 0 aromatic heterocycles. The highest BCUT2D eigenvalue weighted by molar-refractivity contribution is 7.80. The zero-order valence-electron chi connectivity index (χ0n) is 9.12. The number of hydrogen-bond donors (Lipinski definition) is 1. The van der Waals surface area contributed by atoms with E-state index >= 15 is 0 Å². The second-order valence-electron chi connectivity index (χ2n) is 3.84. The molecule has 1 heterocycles. The summed E-state index contributed by atoms with van der Waals surface area (Å²) in [6.45, 7) is 3.96. The van der Waals surface area contributed by atoms with Crippen LogP contribution in [0.2, 0.25) is 0 Å². The molecule has 2 N–H and O–H groups in total. The van der Waals surface area contributed by atoms with Crippen molar-refractivity contribution in [1.82, 2.24) is 4.90 Å². The van der Waals surface area contributed by atoms with Crippen LogP contribution in [-0.4, -0.2) is 23.0 Å². The highest BCUT2D eigenvalue weighted by Gasteiger charge is 2.14. The predicted octanol–water partition coefficient (Wildman–Crippen LogP) is 1.95. The van der Waals surface area contributed by atoms with Crippen molar-refractivity contribution in [1.29, 1.82) is 5.26 Å². The fourth-order valence-electron chi connectivity index (χ4n) is 1.88. The maximum atomic E-state index is 8.97. The summed E-state index contributed by atoms with van der Waals surface area (Å²) in [5.74, 6) is 0. The highest BCUT2D eigenvalue weighted by atomic mass is 32.1. The van der Waals surface area contributed by atoms with E-state index in [0.717, 1.165) is 18.8 Å². The van der Waals surface area contributed by atoms with Crippen molar-refractivity contribution in [2.45, 2.75) is 32.6 Å². The summed E-state index contributed by atoms with van der Waals surface area (Å²) in [4.78, 5) is 2.43. The Labute approximate surface area is 96.5 Å². The van der Waals surface area contributed by atoms with Gasteiger partial charge in [-0.05, 0) is 19.8 Å². The van der Waals surface area contributed by atoms with Gasteiger partial charge in [-0.3, -0.25) is 0 Å². The van der Waals surface area contributed by atoms with E-state index in [1.807, 2.05) is 6.92 Å². The smallest absolute Gasteiger partial charge is 0.116 e. The summed E-state index contributed by atoms with van der Waals surface area (Å²) in [6, 6.07) is 2.09. The number of allylic oxidation sites excluding steroid dienone is 1. The van der Waals surface area contributed by atoms with E-state index in [1.165, 1.54) is 25.7 Å². The molecule has 0 bridgehead atoms. The number of likely N-dealkylation sites (tertiary alicyclic amines) is 1. The van der Waals surface area contributed by atoms with Crippen LogP contribution in [-0.2, 0) is 0 Å². The van der Waals surface area contributed by atoms with Crippen LogP contribution in [0.4, 0.5) is 0 Å². The Hall–Kier alpha value is -1.08. The highest BCUT2D eigenvalue weighted by Crippen LogP contribution is 2.17. The van der Waals surface area contributed by atoms with Crippen LogP contribution in [0, 0.1) is 11.3 Å². The molecule has 0 amide bonds. The summed E-state index contributed by atoms with van der Waals surface area (Å²) in [6.07, 6.45) is 4.93. The Bertz CT molecular complexity index is 306. The van der Waals surface area contributed by atoms with Crippen molar-refractivity contribution >= 4 is 17.2 Å². The number of nitrogens with two attached hydrogens (primary N) is 1. The molecule has 82 valence electrons. The average molecular weight is 223 g/mol. The van der Waals surface area contributed by atoms with E-state index in [9.17, 15) is 0 Å². The molecular weight excluding hydrogens is 206 g/mol. The Balaban J connectivity index is 2.84. The molecule has 0 aliphatic carbocycles. The molecule has 3 nitrogen and oxygen atoms in total. The van der Waals surface area contributed by atoms with Crippen molar-refractivity contribution in [2.24, 2.45) is 5.73 Å². The third-order valence-electron chi connectivity index (χ3n) is 2.80. The third-order valence-corrected chi connectivity index (χ3v) is 3.00. The largest absolute Gasteiger partial charge is 0.389 e. The molecule has 0 aromatic rings. The Kier molecular flexibility index (Phi) is 4.57. The molecule has 0 radical (unpaired) electrons. The molecule has 0 spiro atoms. The molecule has 0 aromatic carbocycles. The summed E-state index contributed by atoms with van der Waals surface area (Å²) >= 11 is 4.87. The maximum Gasteiger partial charge on any atom is 0.116 e. The Morgan fingerprint density at radius 2 is 1.80 bits per heavy atom. The minimum atomic E-state index is 0.208. The molecule has 1 rings (SSSR count). The minimum absolute atomic E-state index is 0.208. The first kappa shape index (κ1) is 12.0. The lowest BCUT2D eigenvalue weighted by Crippen LogP contribution is -2.26. The molecule has 15 heavy (non-hydrogen) atoms. The monoisotopic (exact) mass is 223 g/mol. The first-order valence-corrected chi connectivity index (χ1v) is 5.73. The van der Waals surface area contributed by atoms with E-state index < -0.39 is 0 Å². The molecule has 1 aliphatic rings. The fourth-order valence-corrected chi connectivity index (χ4v) is 2.07. The van der Waals surface area contributed by atoms with Gasteiger partial charge in [0, 0.05) is 18.8 Å². The summed E-state index contributed by atoms with van der Waals surface area (Å²) in [5.41, 5.74) is 6.92. The molecule has 0 saturated carbocycles. The van der Waals surface area contributed by atoms with Crippen molar-refractivity contribution < 1.29 is 0 Å². The van der Waals surface area contributed by atoms with Crippen LogP contribution in [0.15, 0.2) is 11.3 Å². The lowest BCUT2D eigenvalue weighted by atomic mass is 10.2. The van der Waals surface area contributed by atoms with E-state index in [-0.39, 0.29) is 4.99 Å². The molecule has 0 atom stereocenters. The van der Waals surface area contributed by atoms with Crippen LogP contribution in [0.3, 0.4) is 0 Å². The van der Waals surface area contributed by atoms with Crippen molar-refractivity contribution in [3.05, 3.63) is 11.3 Å². The Morgan fingerprint density at radius 1 is 1.27 bits per heavy atom. The molecule has 0 unspecified atom stereocenters. The number of nitriles is 1. The van der Waals surface area contributed by atoms with E-state index in [0.29, 0.717) is 5.57 Å². The van der Waals surface area contributed by atoms with E-state index in [4.69, 9.17) is 23.2 Å². The first-order valence-electron chi connectivity index (χ1n) is 5.32. The van der Waals surface area contributed by atoms with Crippen LogP contribution in [0.5, 0.6) is 0 Å². The van der Waals surface area contributed by atoms with Gasteiger partial charge in [0.2, 0.25) is 0 Å². The minimum Gasteiger partial charge on any atom is -0.389 e. The second-order valence-corrected chi connectivity index (χ2v) is 4.28. The van der Waals surface area contributed by atoms with Gasteiger partial charge in [-0.15, -0.1) is 0 Å². The number of hydrogen-bond acceptors (Lipinski definition) is 3. The Morgan fingerprint density at radius 3 is 2.20 bits per heavy atom. The van der Waals surface area contributed by atoms with Gasteiger partial charge in [-0.2, -0.15) is 5.26 Å². The standard InChI is InChI=1S/C11H17N3S/c1-9(10(8-12)11(13)15)14-6-4-2-3-5-7-14/h2-7H2,1H3,(H2,13,15)/b10-9-. The van der Waals surface area contributed by atoms with Gasteiger partial charge < -0.3 is 10.6 Å². The molecule has 1 fully saturated rings. The SMILES string of the molecule is C/C(=C(\C#N)C(N)=S)N1CCCCCC1. The zero-order chi connectivity index (χ0) is 11.3. The second kappa shape index (κ2) is 5.72. The number of nitrogens with zero attached hydrogens (tertiary/aromatic N) is 2. The lowest BCUT2D eigenvalue weighted by molar-refractivity contribution is 0.358. The average Bonchev–Trinajstić information content (AvgIpc) is 2.45. The van der Waals surface area contributed by atoms with E-state index in [2.05, 4.69) is 11.0 Å². The van der Waals surface area contributed by atoms with Crippen LogP contribution < -0.4 is 5.73 Å². The van der Waals surface area contributed by atoms with Crippen LogP contribution >= 0.6 is 12.2 Å². The number of thiocarbonyl (C=S) groups is 1. The number of rotatable bonds is 2. The summed E-state index contributed by atoms with van der Waals surface area (Å²) in [7, 11) is 0. The van der Waals surface area contributed by atoms with Gasteiger partial charge >= 0.3 is 0 Å². The fraction of sp³-hybridized carbons (Fsp3) is 0.636. The first-order chi connectivity index (χ1) is 7.16. The van der Waals surface area contributed by atoms with Crippen molar-refractivity contribution in [3.63, 3.8) is 0 Å². The van der Waals surface area contributed by atoms with Gasteiger partial charge in [0.25, 0.3) is 0 Å². The normalized spacial score (nSPS) is 18.8. The zero-order valence-corrected chi connectivity index (χ0v) is 9.94. The maximum absolute atomic E-state index is 8.97. The van der Waals surface area contributed by atoms with Crippen LogP contribution in [0.1, 0.15) is 32.6 Å². The van der Waals surface area contributed by atoms with Crippen LogP contribution in [0.25, 0.3) is 0 Å². The lowest BCUT2D eigenvalue weighted by Gasteiger charge is -2.24. The molecule has 1 aliphatic heterocycles. The summed E-state index contributed by atoms with van der Waals surface area (Å²) < 4.78 is 0. The van der Waals surface area contributed by atoms with Gasteiger partial charge in [0.15, 0.2) is 0 Å². The van der Waals surface area contributed by atoms with Gasteiger partial charge in [-0.25, -0.2) is 0 Å². The van der Waals surface area contributed by atoms with E-state index in [1.54, 1.807) is 0 Å². The summed E-state index contributed by atoms with van der Waals surface area (Å²) in [5, 5.41) is 8.97. The molecule has 1 saturated heterocycles. The van der Waals surface area contributed by atoms with Crippen molar-refractivity contribution in [3.8, 4) is 6.07 Å². The molecule has 4 heteroatoms. The van der Waals surface area contributed by atoms with Gasteiger partial charge in [0.1, 0.15) is 16.6 Å². The van der Waals surface area contributed by atoms with Crippen molar-refractivity contribution in [2.75, 3.05) is 13.1 Å². The topological polar surface area (TPSA) is 53.1 Å². The van der Waals surface area contributed by atoms with Gasteiger partial charge in [-0.1, -0.05) is 25.1 Å². The predicted molar refractivity (Wildman–Crippen MR) is 65.1 cm³/mol. The quantitative estimate of drug-likeness (QED) is 0.441.